The summed E-state index contributed by atoms with van der Waals surface area (Å²) in [7, 11) is 3.63. The number of allylic oxidation sites excluding steroid dienone is 4. The number of ether oxygens (including phenoxy) is 2. The molecule has 0 unspecified atom stereocenters. The lowest BCUT2D eigenvalue weighted by molar-refractivity contribution is -0.117. The lowest BCUT2D eigenvalue weighted by Gasteiger charge is -2.42. The highest BCUT2D eigenvalue weighted by atomic mass is 79.9. The molecule has 0 fully saturated rings. The number of halogens is 1. The van der Waals surface area contributed by atoms with Crippen molar-refractivity contribution in [2.75, 3.05) is 14.2 Å². The molecule has 6 heteroatoms. The molecule has 2 aromatic carbocycles. The zero-order chi connectivity index (χ0) is 24.7. The molecule has 1 aliphatic heterocycles. The minimum absolute atomic E-state index is 0.141. The molecule has 2 aromatic rings. The number of aryl methyl sites for hydroxylation is 1. The highest BCUT2D eigenvalue weighted by Gasteiger charge is 2.42. The van der Waals surface area contributed by atoms with Crippen molar-refractivity contribution in [1.82, 2.24) is 4.90 Å². The molecule has 0 saturated heterocycles. The van der Waals surface area contributed by atoms with E-state index >= 15 is 0 Å². The third-order valence-electron chi connectivity index (χ3n) is 7.33. The molecule has 3 aliphatic rings. The molecule has 0 saturated carbocycles. The van der Waals surface area contributed by atoms with E-state index in [9.17, 15) is 9.59 Å². The van der Waals surface area contributed by atoms with Crippen LogP contribution in [-0.2, 0) is 16.2 Å². The van der Waals surface area contributed by atoms with Gasteiger partial charge < -0.3 is 14.4 Å². The van der Waals surface area contributed by atoms with Crippen molar-refractivity contribution in [3.63, 3.8) is 0 Å². The molecule has 1 heterocycles. The van der Waals surface area contributed by atoms with Gasteiger partial charge >= 0.3 is 0 Å². The summed E-state index contributed by atoms with van der Waals surface area (Å²) in [6.07, 6.45) is 4.46. The highest BCUT2D eigenvalue weighted by Crippen LogP contribution is 2.50. The number of hydrogen-bond donors (Lipinski definition) is 0. The Kier molecular flexibility index (Phi) is 6.58. The Labute approximate surface area is 214 Å². The van der Waals surface area contributed by atoms with E-state index in [1.54, 1.807) is 7.11 Å². The smallest absolute Gasteiger partial charge is 0.175 e. The zero-order valence-electron chi connectivity index (χ0n) is 20.4. The predicted octanol–water partition coefficient (Wildman–Crippen LogP) is 6.39. The predicted molar refractivity (Wildman–Crippen MR) is 138 cm³/mol. The zero-order valence-corrected chi connectivity index (χ0v) is 22.0. The Morgan fingerprint density at radius 2 is 1.54 bits per heavy atom. The van der Waals surface area contributed by atoms with E-state index in [1.807, 2.05) is 31.3 Å². The van der Waals surface area contributed by atoms with Crippen molar-refractivity contribution in [3.8, 4) is 11.5 Å². The number of ketones is 2. The van der Waals surface area contributed by atoms with Gasteiger partial charge in [-0.15, -0.1) is 0 Å². The fourth-order valence-corrected chi connectivity index (χ4v) is 6.15. The van der Waals surface area contributed by atoms with Crippen molar-refractivity contribution >= 4 is 27.5 Å². The number of benzene rings is 2. The van der Waals surface area contributed by atoms with Crippen molar-refractivity contribution in [2.24, 2.45) is 0 Å². The van der Waals surface area contributed by atoms with Gasteiger partial charge in [-0.2, -0.15) is 0 Å². The maximum absolute atomic E-state index is 13.2. The number of Topliss-reactive ketones (excluding diaryl/α,β-unsaturated/α-hetero) is 2. The highest BCUT2D eigenvalue weighted by molar-refractivity contribution is 9.10. The summed E-state index contributed by atoms with van der Waals surface area (Å²) in [5.41, 5.74) is 6.82. The molecular formula is C29H30BrNO4. The Morgan fingerprint density at radius 1 is 0.943 bits per heavy atom. The Balaban J connectivity index is 1.57. The molecule has 0 spiro atoms. The van der Waals surface area contributed by atoms with Gasteiger partial charge in [-0.05, 0) is 71.8 Å². The first kappa shape index (κ1) is 23.9. The minimum Gasteiger partial charge on any atom is -0.493 e. The van der Waals surface area contributed by atoms with E-state index in [4.69, 9.17) is 9.47 Å². The van der Waals surface area contributed by atoms with Crippen LogP contribution in [-0.4, -0.2) is 30.6 Å². The average Bonchev–Trinajstić information content (AvgIpc) is 2.85. The van der Waals surface area contributed by atoms with Crippen molar-refractivity contribution in [2.45, 2.75) is 58.0 Å². The van der Waals surface area contributed by atoms with Crippen LogP contribution in [0.15, 0.2) is 63.4 Å². The molecule has 0 amide bonds. The van der Waals surface area contributed by atoms with Gasteiger partial charge in [0.2, 0.25) is 0 Å². The van der Waals surface area contributed by atoms with E-state index in [1.165, 1.54) is 5.56 Å². The van der Waals surface area contributed by atoms with Gasteiger partial charge in [-0.3, -0.25) is 9.59 Å². The number of methoxy groups -OCH3 is 1. The lowest BCUT2D eigenvalue weighted by atomic mass is 9.71. The van der Waals surface area contributed by atoms with Gasteiger partial charge in [-0.25, -0.2) is 0 Å². The molecule has 5 nitrogen and oxygen atoms in total. The molecule has 0 aromatic heterocycles. The molecule has 0 radical (unpaired) electrons. The van der Waals surface area contributed by atoms with Crippen LogP contribution in [0.3, 0.4) is 0 Å². The SMILES string of the molecule is COc1cc(C2C3=C(CCCC3=O)N(C)C3=C2C(=O)CCC3)cc(Br)c1OCc1ccc(C)cc1. The summed E-state index contributed by atoms with van der Waals surface area (Å²) >= 11 is 3.69. The minimum atomic E-state index is -0.367. The van der Waals surface area contributed by atoms with Gasteiger partial charge in [0, 0.05) is 48.3 Å². The topological polar surface area (TPSA) is 55.8 Å². The van der Waals surface area contributed by atoms with Gasteiger partial charge in [0.25, 0.3) is 0 Å². The van der Waals surface area contributed by atoms with Crippen LogP contribution in [0.2, 0.25) is 0 Å². The van der Waals surface area contributed by atoms with Gasteiger partial charge in [0.15, 0.2) is 23.1 Å². The lowest BCUT2D eigenvalue weighted by Crippen LogP contribution is -2.37. The van der Waals surface area contributed by atoms with Crippen LogP contribution in [0, 0.1) is 6.92 Å². The third-order valence-corrected chi connectivity index (χ3v) is 7.92. The van der Waals surface area contributed by atoms with E-state index in [2.05, 4.69) is 39.9 Å². The standard InChI is InChI=1S/C29H30BrNO4/c1-17-10-12-18(13-11-17)16-35-29-20(30)14-19(15-25(29)34-3)26-27-21(6-4-8-23(27)32)31(2)22-7-5-9-24(33)28(22)26/h10-15,26H,4-9,16H2,1-3H3. The van der Waals surface area contributed by atoms with Crippen LogP contribution in [0.25, 0.3) is 0 Å². The van der Waals surface area contributed by atoms with Crippen LogP contribution >= 0.6 is 15.9 Å². The maximum Gasteiger partial charge on any atom is 0.175 e. The summed E-state index contributed by atoms with van der Waals surface area (Å²) in [4.78, 5) is 28.6. The first-order chi connectivity index (χ1) is 16.9. The summed E-state index contributed by atoms with van der Waals surface area (Å²) in [5, 5.41) is 0. The van der Waals surface area contributed by atoms with Crippen LogP contribution < -0.4 is 9.47 Å². The van der Waals surface area contributed by atoms with Crippen LogP contribution in [0.1, 0.15) is 61.1 Å². The summed E-state index contributed by atoms with van der Waals surface area (Å²) < 4.78 is 12.7. The van der Waals surface area contributed by atoms with Gasteiger partial charge in [-0.1, -0.05) is 29.8 Å². The summed E-state index contributed by atoms with van der Waals surface area (Å²) in [6, 6.07) is 12.1. The second-order valence-electron chi connectivity index (χ2n) is 9.57. The Morgan fingerprint density at radius 3 is 2.11 bits per heavy atom. The number of hydrogen-bond acceptors (Lipinski definition) is 5. The molecular weight excluding hydrogens is 506 g/mol. The average molecular weight is 536 g/mol. The van der Waals surface area contributed by atoms with Crippen molar-refractivity contribution in [1.29, 1.82) is 0 Å². The molecule has 0 N–H and O–H groups in total. The van der Waals surface area contributed by atoms with Gasteiger partial charge in [0.05, 0.1) is 11.6 Å². The normalized spacial score (nSPS) is 18.6. The molecule has 35 heavy (non-hydrogen) atoms. The van der Waals surface area contributed by atoms with E-state index in [0.29, 0.717) is 30.9 Å². The van der Waals surface area contributed by atoms with E-state index in [0.717, 1.165) is 63.8 Å². The molecule has 2 aliphatic carbocycles. The molecule has 0 bridgehead atoms. The summed E-state index contributed by atoms with van der Waals surface area (Å²) in [6.45, 7) is 2.46. The molecule has 5 rings (SSSR count). The monoisotopic (exact) mass is 535 g/mol. The Hall–Kier alpha value is -2.86. The fraction of sp³-hybridized carbons (Fsp3) is 0.379. The third kappa shape index (κ3) is 4.33. The fourth-order valence-electron chi connectivity index (χ4n) is 5.57. The number of carbonyl (C=O) groups excluding carboxylic acids is 2. The van der Waals surface area contributed by atoms with Crippen LogP contribution in [0.5, 0.6) is 11.5 Å². The number of nitrogens with zero attached hydrogens (tertiary/aromatic N) is 1. The van der Waals surface area contributed by atoms with Crippen LogP contribution in [0.4, 0.5) is 0 Å². The summed E-state index contributed by atoms with van der Waals surface area (Å²) in [5.74, 6) is 1.10. The first-order valence-corrected chi connectivity index (χ1v) is 13.0. The van der Waals surface area contributed by atoms with E-state index in [-0.39, 0.29) is 17.5 Å². The van der Waals surface area contributed by atoms with E-state index < -0.39 is 0 Å². The largest absolute Gasteiger partial charge is 0.493 e. The van der Waals surface area contributed by atoms with Gasteiger partial charge in [0.1, 0.15) is 6.61 Å². The second-order valence-corrected chi connectivity index (χ2v) is 10.4. The molecule has 182 valence electrons. The van der Waals surface area contributed by atoms with Crippen molar-refractivity contribution < 1.29 is 19.1 Å². The maximum atomic E-state index is 13.2. The van der Waals surface area contributed by atoms with Crippen molar-refractivity contribution in [3.05, 3.63) is 80.1 Å². The molecule has 0 atom stereocenters. The number of carbonyl (C=O) groups is 2. The quantitative estimate of drug-likeness (QED) is 0.444. The second kappa shape index (κ2) is 9.65. The number of rotatable bonds is 5. The first-order valence-electron chi connectivity index (χ1n) is 12.2. The Bertz CT molecular complexity index is 1210.